The topological polar surface area (TPSA) is 35.0 Å². The molecule has 0 saturated heterocycles. The molecule has 0 unspecified atom stereocenters. The molecule has 2 aromatic rings. The van der Waals surface area contributed by atoms with E-state index in [0.29, 0.717) is 12.5 Å². The number of aryl methyl sites for hydroxylation is 1. The van der Waals surface area contributed by atoms with Gasteiger partial charge in [-0.3, -0.25) is 0 Å². The average Bonchev–Trinajstić information content (AvgIpc) is 3.70. The van der Waals surface area contributed by atoms with Crippen LogP contribution >= 0.6 is 23.2 Å². The van der Waals surface area contributed by atoms with Crippen molar-refractivity contribution in [3.8, 4) is 17.1 Å². The summed E-state index contributed by atoms with van der Waals surface area (Å²) in [7, 11) is 0. The molecule has 5 rings (SSSR count). The van der Waals surface area contributed by atoms with Crippen LogP contribution in [0.25, 0.3) is 11.4 Å². The van der Waals surface area contributed by atoms with Gasteiger partial charge in [-0.1, -0.05) is 39.0 Å². The van der Waals surface area contributed by atoms with Crippen LogP contribution in [0, 0.1) is 16.7 Å². The monoisotopic (exact) mass is 458 g/mol. The van der Waals surface area contributed by atoms with Gasteiger partial charge in [-0.15, -0.1) is 23.2 Å². The van der Waals surface area contributed by atoms with Crippen LogP contribution in [0.4, 0.5) is 0 Å². The van der Waals surface area contributed by atoms with Crippen molar-refractivity contribution in [3.05, 3.63) is 42.2 Å². The van der Waals surface area contributed by atoms with Crippen LogP contribution in [0.5, 0.6) is 5.75 Å². The first-order chi connectivity index (χ1) is 15.0. The van der Waals surface area contributed by atoms with Crippen LogP contribution < -0.4 is 4.74 Å². The lowest BCUT2D eigenvalue weighted by molar-refractivity contribution is 0.286. The molecule has 3 fully saturated rings. The van der Waals surface area contributed by atoms with Crippen LogP contribution in [0.15, 0.2) is 36.7 Å². The zero-order valence-electron chi connectivity index (χ0n) is 18.4. The SMILES string of the molecule is CCCCCCCCc1cnc(-c2ccc(OC[C@H]3C[C@]34C(Cl)(Cl)C43CC3)cc2)nc1. The molecular formula is C26H32Cl2N2O. The van der Waals surface area contributed by atoms with Gasteiger partial charge in [0.25, 0.3) is 0 Å². The number of alkyl halides is 2. The molecule has 3 saturated carbocycles. The third kappa shape index (κ3) is 3.66. The lowest BCUT2D eigenvalue weighted by Gasteiger charge is -2.07. The molecule has 1 heterocycles. The molecule has 0 aliphatic heterocycles. The van der Waals surface area contributed by atoms with E-state index in [2.05, 4.69) is 16.9 Å². The van der Waals surface area contributed by atoms with E-state index in [1.54, 1.807) is 0 Å². The molecule has 2 atom stereocenters. The summed E-state index contributed by atoms with van der Waals surface area (Å²) in [5, 5.41) is 0. The Hall–Kier alpha value is -1.32. The Labute approximate surface area is 195 Å². The number of halogens is 2. The molecule has 166 valence electrons. The lowest BCUT2D eigenvalue weighted by Crippen LogP contribution is -2.04. The fourth-order valence-corrected chi connectivity index (χ4v) is 7.17. The van der Waals surface area contributed by atoms with Crippen LogP contribution in [0.2, 0.25) is 0 Å². The second-order valence-corrected chi connectivity index (χ2v) is 11.1. The first-order valence-electron chi connectivity index (χ1n) is 12.0. The molecule has 1 aromatic heterocycles. The number of rotatable bonds is 11. The molecule has 0 N–H and O–H groups in total. The van der Waals surface area contributed by atoms with E-state index >= 15 is 0 Å². The quantitative estimate of drug-likeness (QED) is 0.259. The molecule has 3 nitrogen and oxygen atoms in total. The molecule has 3 aliphatic carbocycles. The minimum atomic E-state index is -0.504. The number of hydrogen-bond acceptors (Lipinski definition) is 3. The Bertz CT molecular complexity index is 902. The van der Waals surface area contributed by atoms with E-state index in [1.165, 1.54) is 56.9 Å². The fourth-order valence-electron chi connectivity index (χ4n) is 5.72. The molecule has 1 aromatic carbocycles. The first kappa shape index (κ1) is 21.5. The molecule has 3 aliphatic rings. The van der Waals surface area contributed by atoms with Crippen molar-refractivity contribution >= 4 is 23.2 Å². The number of unbranched alkanes of at least 4 members (excludes halogenated alkanes) is 5. The summed E-state index contributed by atoms with van der Waals surface area (Å²) in [5.74, 6) is 2.14. The zero-order chi connectivity index (χ0) is 21.5. The third-order valence-electron chi connectivity index (χ3n) is 7.90. The highest BCUT2D eigenvalue weighted by Crippen LogP contribution is 2.99. The number of nitrogens with zero attached hydrogens (tertiary/aromatic N) is 2. The normalized spacial score (nSPS) is 26.2. The van der Waals surface area contributed by atoms with E-state index in [0.717, 1.165) is 30.0 Å². The summed E-state index contributed by atoms with van der Waals surface area (Å²) in [4.78, 5) is 9.15. The van der Waals surface area contributed by atoms with Gasteiger partial charge in [0.2, 0.25) is 0 Å². The molecular weight excluding hydrogens is 427 g/mol. The maximum absolute atomic E-state index is 6.58. The number of fused-ring (bicyclic) bond motifs is 1. The largest absolute Gasteiger partial charge is 0.493 e. The van der Waals surface area contributed by atoms with Crippen molar-refractivity contribution in [3.63, 3.8) is 0 Å². The Kier molecular flexibility index (Phi) is 5.71. The average molecular weight is 459 g/mol. The van der Waals surface area contributed by atoms with Gasteiger partial charge in [0.15, 0.2) is 5.82 Å². The van der Waals surface area contributed by atoms with Crippen molar-refractivity contribution in [2.24, 2.45) is 16.7 Å². The zero-order valence-corrected chi connectivity index (χ0v) is 19.9. The van der Waals surface area contributed by atoms with Crippen LogP contribution in [0.3, 0.4) is 0 Å². The predicted octanol–water partition coefficient (Wildman–Crippen LogP) is 7.40. The maximum Gasteiger partial charge on any atom is 0.159 e. The van der Waals surface area contributed by atoms with Gasteiger partial charge in [0.1, 0.15) is 10.1 Å². The summed E-state index contributed by atoms with van der Waals surface area (Å²) in [6.07, 6.45) is 16.3. The first-order valence-corrected chi connectivity index (χ1v) is 12.7. The Morgan fingerprint density at radius 1 is 0.968 bits per heavy atom. The van der Waals surface area contributed by atoms with Crippen molar-refractivity contribution < 1.29 is 4.74 Å². The van der Waals surface area contributed by atoms with E-state index in [4.69, 9.17) is 27.9 Å². The van der Waals surface area contributed by atoms with Crippen LogP contribution in [-0.2, 0) is 6.42 Å². The van der Waals surface area contributed by atoms with Gasteiger partial charge in [-0.2, -0.15) is 0 Å². The number of ether oxygens (including phenoxy) is 1. The Balaban J connectivity index is 1.08. The van der Waals surface area contributed by atoms with Gasteiger partial charge in [0, 0.05) is 34.7 Å². The number of benzene rings is 1. The second-order valence-electron chi connectivity index (χ2n) is 9.80. The summed E-state index contributed by atoms with van der Waals surface area (Å²) in [5.41, 5.74) is 2.61. The summed E-state index contributed by atoms with van der Waals surface area (Å²) in [6.45, 7) is 2.96. The second kappa shape index (κ2) is 8.23. The van der Waals surface area contributed by atoms with Crippen molar-refractivity contribution in [1.29, 1.82) is 0 Å². The van der Waals surface area contributed by atoms with Gasteiger partial charge in [0.05, 0.1) is 6.61 Å². The highest BCUT2D eigenvalue weighted by Gasteiger charge is 2.98. The maximum atomic E-state index is 6.58. The fraction of sp³-hybridized carbons (Fsp3) is 0.615. The predicted molar refractivity (Wildman–Crippen MR) is 127 cm³/mol. The van der Waals surface area contributed by atoms with Crippen molar-refractivity contribution in [2.45, 2.75) is 75.5 Å². The minimum absolute atomic E-state index is 0.147. The van der Waals surface area contributed by atoms with E-state index < -0.39 is 4.33 Å². The molecule has 5 heteroatoms. The Morgan fingerprint density at radius 2 is 1.65 bits per heavy atom. The van der Waals surface area contributed by atoms with Crippen LogP contribution in [-0.4, -0.2) is 20.9 Å². The lowest BCUT2D eigenvalue weighted by atomic mass is 10.1. The summed E-state index contributed by atoms with van der Waals surface area (Å²) < 4.78 is 5.55. The standard InChI is InChI=1S/C26H32Cl2N2O/c1-2-3-4-5-6-7-8-19-16-29-23(30-17-19)20-9-11-22(12-10-20)31-18-21-15-25(21)24(13-14-24)26(25,27)28/h9-12,16-17,21H,2-8,13-15,18H2,1H3/t21-,25+/m1/s1. The summed E-state index contributed by atoms with van der Waals surface area (Å²) in [6, 6.07) is 8.08. The van der Waals surface area contributed by atoms with Gasteiger partial charge >= 0.3 is 0 Å². The summed E-state index contributed by atoms with van der Waals surface area (Å²) >= 11 is 13.2. The molecule has 0 bridgehead atoms. The van der Waals surface area contributed by atoms with Crippen molar-refractivity contribution in [2.75, 3.05) is 6.61 Å². The van der Waals surface area contributed by atoms with Gasteiger partial charge in [-0.05, 0) is 61.9 Å². The smallest absolute Gasteiger partial charge is 0.159 e. The van der Waals surface area contributed by atoms with E-state index in [-0.39, 0.29) is 10.8 Å². The van der Waals surface area contributed by atoms with Gasteiger partial charge < -0.3 is 4.74 Å². The molecule has 2 spiro atoms. The highest BCUT2D eigenvalue weighted by molar-refractivity contribution is 6.53. The number of hydrogen-bond donors (Lipinski definition) is 0. The highest BCUT2D eigenvalue weighted by atomic mass is 35.5. The number of aromatic nitrogens is 2. The third-order valence-corrected chi connectivity index (χ3v) is 9.29. The van der Waals surface area contributed by atoms with E-state index in [1.807, 2.05) is 36.7 Å². The van der Waals surface area contributed by atoms with Crippen molar-refractivity contribution in [1.82, 2.24) is 9.97 Å². The molecule has 0 amide bonds. The minimum Gasteiger partial charge on any atom is -0.493 e. The Morgan fingerprint density at radius 3 is 2.29 bits per heavy atom. The van der Waals surface area contributed by atoms with Gasteiger partial charge in [-0.25, -0.2) is 9.97 Å². The van der Waals surface area contributed by atoms with Crippen LogP contribution in [0.1, 0.15) is 70.3 Å². The molecule has 0 radical (unpaired) electrons. The molecule has 31 heavy (non-hydrogen) atoms. The van der Waals surface area contributed by atoms with E-state index in [9.17, 15) is 0 Å².